The van der Waals surface area contributed by atoms with E-state index in [0.29, 0.717) is 18.5 Å². The Bertz CT molecular complexity index is 312. The highest BCUT2D eigenvalue weighted by atomic mass is 127. The maximum atomic E-state index is 11.5. The van der Waals surface area contributed by atoms with E-state index in [1.54, 1.807) is 25.1 Å². The summed E-state index contributed by atoms with van der Waals surface area (Å²) >= 11 is 0. The van der Waals surface area contributed by atoms with Crippen LogP contribution in [0.5, 0.6) is 0 Å². The van der Waals surface area contributed by atoms with Gasteiger partial charge >= 0.3 is 0 Å². The molecule has 0 aliphatic heterocycles. The molecule has 1 aliphatic rings. The first-order valence-corrected chi connectivity index (χ1v) is 6.49. The van der Waals surface area contributed by atoms with Crippen LogP contribution in [0, 0.1) is 0 Å². The van der Waals surface area contributed by atoms with Gasteiger partial charge in [-0.05, 0) is 12.8 Å². The first-order valence-electron chi connectivity index (χ1n) is 6.49. The summed E-state index contributed by atoms with van der Waals surface area (Å²) < 4.78 is 0. The zero-order valence-corrected chi connectivity index (χ0v) is 14.1. The van der Waals surface area contributed by atoms with Crippen LogP contribution in [0.4, 0.5) is 0 Å². The van der Waals surface area contributed by atoms with Crippen LogP contribution in [-0.4, -0.2) is 50.0 Å². The van der Waals surface area contributed by atoms with Crippen molar-refractivity contribution >= 4 is 35.8 Å². The van der Waals surface area contributed by atoms with Crippen molar-refractivity contribution in [3.05, 3.63) is 12.7 Å². The molecule has 0 aromatic rings. The Morgan fingerprint density at radius 2 is 2.05 bits per heavy atom. The average Bonchev–Trinajstić information content (AvgIpc) is 2.84. The van der Waals surface area contributed by atoms with Crippen LogP contribution in [0.2, 0.25) is 0 Å². The fourth-order valence-electron chi connectivity index (χ4n) is 1.87. The summed E-state index contributed by atoms with van der Waals surface area (Å²) in [5.41, 5.74) is 0. The lowest BCUT2D eigenvalue weighted by molar-refractivity contribution is -0.127. The normalized spacial score (nSPS) is 15.6. The number of guanidine groups is 1. The van der Waals surface area contributed by atoms with Crippen molar-refractivity contribution in [1.82, 2.24) is 15.5 Å². The van der Waals surface area contributed by atoms with Crippen molar-refractivity contribution in [2.45, 2.75) is 31.7 Å². The van der Waals surface area contributed by atoms with E-state index < -0.39 is 0 Å². The highest BCUT2D eigenvalue weighted by Gasteiger charge is 2.16. The predicted octanol–water partition coefficient (Wildman–Crippen LogP) is 1.36. The summed E-state index contributed by atoms with van der Waals surface area (Å²) in [5, 5.41) is 6.51. The minimum absolute atomic E-state index is 0. The smallest absolute Gasteiger partial charge is 0.243 e. The van der Waals surface area contributed by atoms with Gasteiger partial charge in [-0.25, -0.2) is 4.99 Å². The fourth-order valence-corrected chi connectivity index (χ4v) is 1.87. The summed E-state index contributed by atoms with van der Waals surface area (Å²) in [4.78, 5) is 17.3. The molecule has 1 saturated carbocycles. The molecule has 0 aromatic carbocycles. The molecule has 5 nitrogen and oxygen atoms in total. The van der Waals surface area contributed by atoms with E-state index in [9.17, 15) is 4.79 Å². The number of likely N-dealkylation sites (N-methyl/N-ethyl adjacent to an activating group) is 1. The third-order valence-electron chi connectivity index (χ3n) is 2.98. The number of aliphatic imine (C=N–C) groups is 1. The van der Waals surface area contributed by atoms with Crippen LogP contribution < -0.4 is 10.6 Å². The number of carbonyl (C=O) groups is 1. The maximum Gasteiger partial charge on any atom is 0.243 e. The Labute approximate surface area is 132 Å². The number of rotatable bonds is 5. The third kappa shape index (κ3) is 7.39. The molecule has 1 rings (SSSR count). The van der Waals surface area contributed by atoms with E-state index in [2.05, 4.69) is 22.2 Å². The summed E-state index contributed by atoms with van der Waals surface area (Å²) in [7, 11) is 3.47. The standard InChI is InChI=1S/C13H24N4O.HI/c1-4-9-14-13(15-10-12(18)17(2)3)16-11-7-5-6-8-11;/h4,11H,1,5-10H2,2-3H3,(H2,14,15,16);1H. The van der Waals surface area contributed by atoms with Gasteiger partial charge in [0.2, 0.25) is 5.91 Å². The van der Waals surface area contributed by atoms with Gasteiger partial charge in [0, 0.05) is 26.7 Å². The van der Waals surface area contributed by atoms with Crippen LogP contribution in [0.25, 0.3) is 0 Å². The molecular formula is C13H25IN4O. The zero-order chi connectivity index (χ0) is 13.4. The largest absolute Gasteiger partial charge is 0.354 e. The number of amides is 1. The quantitative estimate of drug-likeness (QED) is 0.328. The van der Waals surface area contributed by atoms with Crippen LogP contribution in [-0.2, 0) is 4.79 Å². The topological polar surface area (TPSA) is 56.7 Å². The van der Waals surface area contributed by atoms with E-state index in [0.717, 1.165) is 0 Å². The van der Waals surface area contributed by atoms with E-state index >= 15 is 0 Å². The van der Waals surface area contributed by atoms with E-state index in [-0.39, 0.29) is 36.4 Å². The van der Waals surface area contributed by atoms with Gasteiger partial charge in [-0.3, -0.25) is 4.79 Å². The van der Waals surface area contributed by atoms with Crippen molar-refractivity contribution in [1.29, 1.82) is 0 Å². The van der Waals surface area contributed by atoms with Gasteiger partial charge in [0.25, 0.3) is 0 Å². The molecule has 1 fully saturated rings. The van der Waals surface area contributed by atoms with Crippen molar-refractivity contribution < 1.29 is 4.79 Å². The van der Waals surface area contributed by atoms with Gasteiger partial charge in [-0.2, -0.15) is 0 Å². The molecule has 2 N–H and O–H groups in total. The Morgan fingerprint density at radius 1 is 1.42 bits per heavy atom. The van der Waals surface area contributed by atoms with E-state index in [1.807, 2.05) is 0 Å². The van der Waals surface area contributed by atoms with Crippen molar-refractivity contribution in [3.8, 4) is 0 Å². The van der Waals surface area contributed by atoms with Gasteiger partial charge in [0.15, 0.2) is 5.96 Å². The predicted molar refractivity (Wildman–Crippen MR) is 90.0 cm³/mol. The molecule has 19 heavy (non-hydrogen) atoms. The molecule has 6 heteroatoms. The first kappa shape index (κ1) is 18.2. The zero-order valence-electron chi connectivity index (χ0n) is 11.8. The highest BCUT2D eigenvalue weighted by molar-refractivity contribution is 14.0. The number of hydrogen-bond acceptors (Lipinski definition) is 2. The van der Waals surface area contributed by atoms with Crippen molar-refractivity contribution in [3.63, 3.8) is 0 Å². The van der Waals surface area contributed by atoms with Crippen LogP contribution in [0.1, 0.15) is 25.7 Å². The molecule has 0 saturated heterocycles. The van der Waals surface area contributed by atoms with Gasteiger partial charge in [-0.1, -0.05) is 18.9 Å². The minimum atomic E-state index is 0. The second kappa shape index (κ2) is 10.1. The molecule has 110 valence electrons. The second-order valence-corrected chi connectivity index (χ2v) is 4.75. The summed E-state index contributed by atoms with van der Waals surface area (Å²) in [6, 6.07) is 0.482. The lowest BCUT2D eigenvalue weighted by Gasteiger charge is -2.17. The van der Waals surface area contributed by atoms with Crippen LogP contribution in [0.15, 0.2) is 17.6 Å². The summed E-state index contributed by atoms with van der Waals surface area (Å²) in [5.74, 6) is 0.707. The van der Waals surface area contributed by atoms with E-state index in [1.165, 1.54) is 25.7 Å². The number of nitrogens with zero attached hydrogens (tertiary/aromatic N) is 2. The molecule has 0 bridgehead atoms. The number of carbonyl (C=O) groups excluding carboxylic acids is 1. The lowest BCUT2D eigenvalue weighted by Crippen LogP contribution is -2.43. The molecular weight excluding hydrogens is 355 g/mol. The molecule has 0 aromatic heterocycles. The van der Waals surface area contributed by atoms with Crippen LogP contribution >= 0.6 is 24.0 Å². The van der Waals surface area contributed by atoms with E-state index in [4.69, 9.17) is 0 Å². The van der Waals surface area contributed by atoms with Crippen molar-refractivity contribution in [2.24, 2.45) is 4.99 Å². The SMILES string of the molecule is C=CCNC(=NCC(=O)N(C)C)NC1CCCC1.I. The Kier molecular flexibility index (Phi) is 9.63. The summed E-state index contributed by atoms with van der Waals surface area (Å²) in [6.45, 7) is 4.49. The molecule has 1 aliphatic carbocycles. The molecule has 0 spiro atoms. The number of hydrogen-bond donors (Lipinski definition) is 2. The Balaban J connectivity index is 0.00000324. The second-order valence-electron chi connectivity index (χ2n) is 4.75. The Morgan fingerprint density at radius 3 is 2.58 bits per heavy atom. The minimum Gasteiger partial charge on any atom is -0.354 e. The molecule has 0 radical (unpaired) electrons. The van der Waals surface area contributed by atoms with Gasteiger partial charge in [-0.15, -0.1) is 30.6 Å². The van der Waals surface area contributed by atoms with Crippen LogP contribution in [0.3, 0.4) is 0 Å². The maximum absolute atomic E-state index is 11.5. The monoisotopic (exact) mass is 380 g/mol. The van der Waals surface area contributed by atoms with Gasteiger partial charge < -0.3 is 15.5 Å². The summed E-state index contributed by atoms with van der Waals surface area (Å²) in [6.07, 6.45) is 6.67. The average molecular weight is 380 g/mol. The van der Waals surface area contributed by atoms with Crippen molar-refractivity contribution in [2.75, 3.05) is 27.2 Å². The van der Waals surface area contributed by atoms with Gasteiger partial charge in [0.1, 0.15) is 6.54 Å². The highest BCUT2D eigenvalue weighted by Crippen LogP contribution is 2.17. The van der Waals surface area contributed by atoms with Gasteiger partial charge in [0.05, 0.1) is 0 Å². The third-order valence-corrected chi connectivity index (χ3v) is 2.98. The molecule has 0 unspecified atom stereocenters. The number of halogens is 1. The Hall–Kier alpha value is -0.790. The lowest BCUT2D eigenvalue weighted by atomic mass is 10.2. The molecule has 0 atom stereocenters. The fraction of sp³-hybridized carbons (Fsp3) is 0.692. The molecule has 0 heterocycles. The first-order chi connectivity index (χ1) is 8.63. The molecule has 1 amide bonds. The number of nitrogens with one attached hydrogen (secondary N) is 2.